The lowest BCUT2D eigenvalue weighted by Crippen LogP contribution is -2.38. The van der Waals surface area contributed by atoms with Gasteiger partial charge in [-0.2, -0.15) is 0 Å². The van der Waals surface area contributed by atoms with Gasteiger partial charge in [0.1, 0.15) is 5.01 Å². The van der Waals surface area contributed by atoms with Gasteiger partial charge in [-0.05, 0) is 13.3 Å². The molecule has 2 aromatic heterocycles. The first kappa shape index (κ1) is 14.4. The van der Waals surface area contributed by atoms with Crippen LogP contribution in [0.4, 0.5) is 5.13 Å². The predicted octanol–water partition coefficient (Wildman–Crippen LogP) is 0.752. The van der Waals surface area contributed by atoms with Crippen molar-refractivity contribution in [1.82, 2.24) is 19.3 Å². The van der Waals surface area contributed by atoms with Gasteiger partial charge in [0.25, 0.3) is 5.56 Å². The molecule has 2 aromatic rings. The van der Waals surface area contributed by atoms with Crippen molar-refractivity contribution >= 4 is 16.5 Å². The zero-order valence-corrected chi connectivity index (χ0v) is 12.3. The number of aryl methyl sites for hydroxylation is 1. The van der Waals surface area contributed by atoms with Crippen molar-refractivity contribution in [2.45, 2.75) is 33.4 Å². The summed E-state index contributed by atoms with van der Waals surface area (Å²) in [6.07, 6.45) is 2.50. The minimum Gasteiger partial charge on any atom is -0.360 e. The first-order valence-electron chi connectivity index (χ1n) is 6.52. The molecular weight excluding hydrogens is 278 g/mol. The van der Waals surface area contributed by atoms with Gasteiger partial charge in [0.05, 0.1) is 6.54 Å². The van der Waals surface area contributed by atoms with Crippen molar-refractivity contribution in [2.24, 2.45) is 0 Å². The molecule has 7 nitrogen and oxygen atoms in total. The standard InChI is InChI=1S/C12H17N5O2S/c1-3-6-13-11-15-14-9(20-11)8-17-10(18)5-7-16(4-2)12(17)19/h5,7H,3-4,6,8H2,1-2H3,(H,13,15). The maximum Gasteiger partial charge on any atom is 0.331 e. The molecule has 0 atom stereocenters. The molecule has 2 heterocycles. The highest BCUT2D eigenvalue weighted by Gasteiger charge is 2.09. The largest absolute Gasteiger partial charge is 0.360 e. The Morgan fingerprint density at radius 1 is 1.30 bits per heavy atom. The quantitative estimate of drug-likeness (QED) is 0.850. The van der Waals surface area contributed by atoms with Crippen molar-refractivity contribution in [3.8, 4) is 0 Å². The van der Waals surface area contributed by atoms with Crippen molar-refractivity contribution in [3.63, 3.8) is 0 Å². The van der Waals surface area contributed by atoms with Crippen LogP contribution in [0.3, 0.4) is 0 Å². The van der Waals surface area contributed by atoms with E-state index in [2.05, 4.69) is 22.4 Å². The maximum atomic E-state index is 12.1. The van der Waals surface area contributed by atoms with Crippen molar-refractivity contribution in [2.75, 3.05) is 11.9 Å². The van der Waals surface area contributed by atoms with Crippen LogP contribution in [-0.4, -0.2) is 25.9 Å². The Labute approximate surface area is 119 Å². The molecule has 108 valence electrons. The van der Waals surface area contributed by atoms with Crippen LogP contribution >= 0.6 is 11.3 Å². The highest BCUT2D eigenvalue weighted by molar-refractivity contribution is 7.15. The fourth-order valence-electron chi connectivity index (χ4n) is 1.70. The molecule has 2 rings (SSSR count). The summed E-state index contributed by atoms with van der Waals surface area (Å²) < 4.78 is 2.66. The third-order valence-electron chi connectivity index (χ3n) is 2.77. The molecule has 0 bridgehead atoms. The van der Waals surface area contributed by atoms with E-state index < -0.39 is 0 Å². The Morgan fingerprint density at radius 2 is 2.10 bits per heavy atom. The molecule has 0 amide bonds. The van der Waals surface area contributed by atoms with Gasteiger partial charge >= 0.3 is 5.69 Å². The van der Waals surface area contributed by atoms with Crippen molar-refractivity contribution < 1.29 is 0 Å². The second-order valence-corrected chi connectivity index (χ2v) is 5.30. The number of nitrogens with one attached hydrogen (secondary N) is 1. The van der Waals surface area contributed by atoms with Gasteiger partial charge in [0.2, 0.25) is 5.13 Å². The molecule has 0 unspecified atom stereocenters. The normalized spacial score (nSPS) is 10.7. The third-order valence-corrected chi connectivity index (χ3v) is 3.63. The molecule has 0 aromatic carbocycles. The molecule has 0 saturated heterocycles. The minimum absolute atomic E-state index is 0.157. The van der Waals surface area contributed by atoms with Crippen LogP contribution in [0.15, 0.2) is 21.9 Å². The highest BCUT2D eigenvalue weighted by atomic mass is 32.1. The molecule has 0 spiro atoms. The number of rotatable bonds is 6. The topological polar surface area (TPSA) is 81.8 Å². The summed E-state index contributed by atoms with van der Waals surface area (Å²) in [5.74, 6) is 0. The van der Waals surface area contributed by atoms with Crippen LogP contribution in [0.1, 0.15) is 25.3 Å². The molecule has 0 fully saturated rings. The second kappa shape index (κ2) is 6.47. The first-order valence-corrected chi connectivity index (χ1v) is 7.34. The summed E-state index contributed by atoms with van der Waals surface area (Å²) in [7, 11) is 0. The Balaban J connectivity index is 2.24. The lowest BCUT2D eigenvalue weighted by molar-refractivity contribution is 0.597. The molecule has 20 heavy (non-hydrogen) atoms. The molecule has 8 heteroatoms. The van der Waals surface area contributed by atoms with E-state index >= 15 is 0 Å². The number of hydrogen-bond acceptors (Lipinski definition) is 6. The van der Waals surface area contributed by atoms with Gasteiger partial charge in [0, 0.05) is 25.4 Å². The van der Waals surface area contributed by atoms with Crippen LogP contribution < -0.4 is 16.6 Å². The number of anilines is 1. The summed E-state index contributed by atoms with van der Waals surface area (Å²) in [6.45, 7) is 5.42. The van der Waals surface area contributed by atoms with E-state index in [0.29, 0.717) is 16.7 Å². The second-order valence-electron chi connectivity index (χ2n) is 4.24. The summed E-state index contributed by atoms with van der Waals surface area (Å²) in [5.41, 5.74) is -0.642. The minimum atomic E-state index is -0.321. The number of nitrogens with zero attached hydrogens (tertiary/aromatic N) is 4. The van der Waals surface area contributed by atoms with E-state index in [1.807, 2.05) is 6.92 Å². The van der Waals surface area contributed by atoms with Crippen LogP contribution in [0, 0.1) is 0 Å². The summed E-state index contributed by atoms with van der Waals surface area (Å²) in [6, 6.07) is 1.39. The molecule has 0 aliphatic rings. The van der Waals surface area contributed by atoms with E-state index in [4.69, 9.17) is 0 Å². The van der Waals surface area contributed by atoms with E-state index in [1.165, 1.54) is 32.7 Å². The van der Waals surface area contributed by atoms with Crippen LogP contribution in [0.25, 0.3) is 0 Å². The number of aromatic nitrogens is 4. The zero-order chi connectivity index (χ0) is 14.5. The van der Waals surface area contributed by atoms with Gasteiger partial charge in [-0.15, -0.1) is 10.2 Å². The SMILES string of the molecule is CCCNc1nnc(Cn2c(=O)ccn(CC)c2=O)s1. The van der Waals surface area contributed by atoms with E-state index in [1.54, 1.807) is 0 Å². The lowest BCUT2D eigenvalue weighted by atomic mass is 10.5. The van der Waals surface area contributed by atoms with Gasteiger partial charge in [-0.25, -0.2) is 4.79 Å². The van der Waals surface area contributed by atoms with Crippen molar-refractivity contribution in [1.29, 1.82) is 0 Å². The Kier molecular flexibility index (Phi) is 4.67. The van der Waals surface area contributed by atoms with Gasteiger partial charge in [-0.3, -0.25) is 9.36 Å². The molecule has 0 aliphatic heterocycles. The Morgan fingerprint density at radius 3 is 2.80 bits per heavy atom. The zero-order valence-electron chi connectivity index (χ0n) is 11.5. The summed E-state index contributed by atoms with van der Waals surface area (Å²) in [5, 5.41) is 12.5. The molecule has 0 saturated carbocycles. The first-order chi connectivity index (χ1) is 9.65. The van der Waals surface area contributed by atoms with Crippen LogP contribution in [0.5, 0.6) is 0 Å². The van der Waals surface area contributed by atoms with Crippen molar-refractivity contribution in [3.05, 3.63) is 38.1 Å². The molecule has 0 aliphatic carbocycles. The monoisotopic (exact) mass is 295 g/mol. The average Bonchev–Trinajstić information content (AvgIpc) is 2.89. The van der Waals surface area contributed by atoms with Gasteiger partial charge in [-0.1, -0.05) is 18.3 Å². The van der Waals surface area contributed by atoms with E-state index in [9.17, 15) is 9.59 Å². The summed E-state index contributed by atoms with van der Waals surface area (Å²) >= 11 is 1.36. The maximum absolute atomic E-state index is 12.1. The predicted molar refractivity (Wildman–Crippen MR) is 78.4 cm³/mol. The Hall–Kier alpha value is -1.96. The Bertz CT molecular complexity index is 688. The average molecular weight is 295 g/mol. The lowest BCUT2D eigenvalue weighted by Gasteiger charge is -2.05. The molecular formula is C12H17N5O2S. The van der Waals surface area contributed by atoms with Crippen LogP contribution in [-0.2, 0) is 13.1 Å². The van der Waals surface area contributed by atoms with Crippen LogP contribution in [0.2, 0.25) is 0 Å². The van der Waals surface area contributed by atoms with Gasteiger partial charge in [0.15, 0.2) is 0 Å². The van der Waals surface area contributed by atoms with E-state index in [-0.39, 0.29) is 17.8 Å². The smallest absolute Gasteiger partial charge is 0.331 e. The third kappa shape index (κ3) is 3.13. The summed E-state index contributed by atoms with van der Waals surface area (Å²) in [4.78, 5) is 23.9. The van der Waals surface area contributed by atoms with E-state index in [0.717, 1.165) is 13.0 Å². The van der Waals surface area contributed by atoms with Gasteiger partial charge < -0.3 is 9.88 Å². The highest BCUT2D eigenvalue weighted by Crippen LogP contribution is 2.15. The molecule has 1 N–H and O–H groups in total. The fourth-order valence-corrected chi connectivity index (χ4v) is 2.45. The fraction of sp³-hybridized carbons (Fsp3) is 0.500. The molecule has 0 radical (unpaired) electrons. The number of hydrogen-bond donors (Lipinski definition) is 1.